The minimum atomic E-state index is -1.26. The number of anilines is 1. The van der Waals surface area contributed by atoms with Gasteiger partial charge in [-0.15, -0.1) is 6.42 Å². The number of aromatic carboxylic acids is 1. The van der Waals surface area contributed by atoms with Crippen LogP contribution in [0.2, 0.25) is 10.0 Å². The molecule has 3 N–H and O–H groups in total. The number of amides is 2. The number of halogens is 2. The van der Waals surface area contributed by atoms with Gasteiger partial charge in [0.05, 0.1) is 22.3 Å². The van der Waals surface area contributed by atoms with Crippen LogP contribution in [0.5, 0.6) is 0 Å². The average Bonchev–Trinajstić information content (AvgIpc) is 2.38. The summed E-state index contributed by atoms with van der Waals surface area (Å²) in [5.74, 6) is 1.13. The van der Waals surface area contributed by atoms with E-state index >= 15 is 0 Å². The van der Waals surface area contributed by atoms with Crippen LogP contribution in [0, 0.1) is 12.3 Å². The van der Waals surface area contributed by atoms with Crippen molar-refractivity contribution in [2.75, 3.05) is 5.32 Å². The summed E-state index contributed by atoms with van der Waals surface area (Å²) in [5.41, 5.74) is -0.237. The van der Waals surface area contributed by atoms with Gasteiger partial charge in [0, 0.05) is 5.02 Å². The van der Waals surface area contributed by atoms with Crippen molar-refractivity contribution in [2.45, 2.75) is 19.4 Å². The Bertz CT molecular complexity index is 582. The van der Waals surface area contributed by atoms with Crippen molar-refractivity contribution >= 4 is 40.9 Å². The van der Waals surface area contributed by atoms with E-state index in [-0.39, 0.29) is 21.3 Å². The Morgan fingerprint density at radius 1 is 1.45 bits per heavy atom. The van der Waals surface area contributed by atoms with Crippen LogP contribution in [0.3, 0.4) is 0 Å². The fourth-order valence-corrected chi connectivity index (χ4v) is 1.98. The van der Waals surface area contributed by atoms with Gasteiger partial charge in [-0.25, -0.2) is 9.59 Å². The van der Waals surface area contributed by atoms with Crippen molar-refractivity contribution in [3.8, 4) is 12.3 Å². The van der Waals surface area contributed by atoms with Gasteiger partial charge in [-0.1, -0.05) is 36.0 Å². The molecule has 0 saturated heterocycles. The van der Waals surface area contributed by atoms with E-state index in [4.69, 9.17) is 34.7 Å². The number of terminal acetylenes is 1. The summed E-state index contributed by atoms with van der Waals surface area (Å²) in [7, 11) is 0. The number of carbonyl (C=O) groups is 2. The Balaban J connectivity index is 3.01. The maximum absolute atomic E-state index is 11.8. The Kier molecular flexibility index (Phi) is 5.68. The molecule has 0 aliphatic rings. The fourth-order valence-electron chi connectivity index (χ4n) is 1.44. The second-order valence-corrected chi connectivity index (χ2v) is 4.68. The standard InChI is InChI=1S/C13H12Cl2N2O3/c1-3-8(4-2)16-13(20)17-11-9(12(18)19)5-7(14)6-10(11)15/h1,5-6,8H,4H2,2H3,(H,18,19)(H2,16,17,20). The summed E-state index contributed by atoms with van der Waals surface area (Å²) in [6.45, 7) is 1.81. The lowest BCUT2D eigenvalue weighted by Crippen LogP contribution is -2.37. The summed E-state index contributed by atoms with van der Waals surface area (Å²) in [6.07, 6.45) is 5.77. The Hall–Kier alpha value is -1.90. The first kappa shape index (κ1) is 16.2. The fraction of sp³-hybridized carbons (Fsp3) is 0.231. The van der Waals surface area contributed by atoms with Gasteiger partial charge >= 0.3 is 12.0 Å². The predicted molar refractivity (Wildman–Crippen MR) is 78.5 cm³/mol. The second kappa shape index (κ2) is 7.04. The third-order valence-electron chi connectivity index (χ3n) is 2.44. The Morgan fingerprint density at radius 2 is 2.10 bits per heavy atom. The van der Waals surface area contributed by atoms with Gasteiger partial charge in [0.15, 0.2) is 0 Å². The number of benzene rings is 1. The predicted octanol–water partition coefficient (Wildman–Crippen LogP) is 3.22. The highest BCUT2D eigenvalue weighted by Gasteiger charge is 2.18. The van der Waals surface area contributed by atoms with E-state index in [1.807, 2.05) is 6.92 Å². The quantitative estimate of drug-likeness (QED) is 0.747. The van der Waals surface area contributed by atoms with E-state index in [2.05, 4.69) is 16.6 Å². The molecule has 1 unspecified atom stereocenters. The lowest BCUT2D eigenvalue weighted by molar-refractivity contribution is 0.0698. The van der Waals surface area contributed by atoms with E-state index in [0.717, 1.165) is 0 Å². The largest absolute Gasteiger partial charge is 0.478 e. The van der Waals surface area contributed by atoms with Crippen molar-refractivity contribution < 1.29 is 14.7 Å². The SMILES string of the molecule is C#CC(CC)NC(=O)Nc1c(Cl)cc(Cl)cc1C(=O)O. The first-order valence-electron chi connectivity index (χ1n) is 5.65. The molecule has 5 nitrogen and oxygen atoms in total. The number of rotatable bonds is 4. The molecule has 0 aromatic heterocycles. The molecule has 0 aliphatic heterocycles. The van der Waals surface area contributed by atoms with Crippen molar-refractivity contribution in [2.24, 2.45) is 0 Å². The highest BCUT2D eigenvalue weighted by atomic mass is 35.5. The molecular weight excluding hydrogens is 303 g/mol. The van der Waals surface area contributed by atoms with E-state index in [0.29, 0.717) is 6.42 Å². The molecule has 7 heteroatoms. The molecule has 1 atom stereocenters. The van der Waals surface area contributed by atoms with Crippen molar-refractivity contribution in [1.29, 1.82) is 0 Å². The van der Waals surface area contributed by atoms with E-state index < -0.39 is 18.0 Å². The maximum Gasteiger partial charge on any atom is 0.337 e. The number of carboxylic acids is 1. The average molecular weight is 315 g/mol. The summed E-state index contributed by atoms with van der Waals surface area (Å²) in [4.78, 5) is 22.9. The highest BCUT2D eigenvalue weighted by Crippen LogP contribution is 2.30. The zero-order valence-electron chi connectivity index (χ0n) is 10.5. The molecule has 1 rings (SSSR count). The summed E-state index contributed by atoms with van der Waals surface area (Å²) in [5, 5.41) is 14.1. The molecule has 0 heterocycles. The molecule has 1 aromatic rings. The summed E-state index contributed by atoms with van der Waals surface area (Å²) >= 11 is 11.6. The van der Waals surface area contributed by atoms with Crippen molar-refractivity contribution in [3.05, 3.63) is 27.7 Å². The summed E-state index contributed by atoms with van der Waals surface area (Å²) < 4.78 is 0. The number of nitrogens with one attached hydrogen (secondary N) is 2. The van der Waals surface area contributed by atoms with E-state index in [1.165, 1.54) is 12.1 Å². The lowest BCUT2D eigenvalue weighted by atomic mass is 10.2. The molecule has 106 valence electrons. The van der Waals surface area contributed by atoms with Gasteiger partial charge in [0.25, 0.3) is 0 Å². The number of carbonyl (C=O) groups excluding carboxylic acids is 1. The van der Waals surface area contributed by atoms with Crippen LogP contribution < -0.4 is 10.6 Å². The molecule has 0 saturated carbocycles. The van der Waals surface area contributed by atoms with Crippen LogP contribution in [0.15, 0.2) is 12.1 Å². The molecule has 0 bridgehead atoms. The van der Waals surface area contributed by atoms with E-state index in [9.17, 15) is 9.59 Å². The highest BCUT2D eigenvalue weighted by molar-refractivity contribution is 6.37. The molecular formula is C13H12Cl2N2O3. The molecule has 2 amide bonds. The number of urea groups is 1. The molecule has 0 radical (unpaired) electrons. The van der Waals surface area contributed by atoms with Crippen LogP contribution in [0.25, 0.3) is 0 Å². The molecule has 0 fully saturated rings. The van der Waals surface area contributed by atoms with Gasteiger partial charge < -0.3 is 15.7 Å². The van der Waals surface area contributed by atoms with Gasteiger partial charge in [-0.3, -0.25) is 0 Å². The van der Waals surface area contributed by atoms with Gasteiger partial charge in [-0.05, 0) is 18.6 Å². The monoisotopic (exact) mass is 314 g/mol. The van der Waals surface area contributed by atoms with Crippen LogP contribution in [-0.2, 0) is 0 Å². The Morgan fingerprint density at radius 3 is 2.60 bits per heavy atom. The van der Waals surface area contributed by atoms with Crippen molar-refractivity contribution in [3.63, 3.8) is 0 Å². The van der Waals surface area contributed by atoms with Gasteiger partial charge in [0.1, 0.15) is 0 Å². The molecule has 20 heavy (non-hydrogen) atoms. The second-order valence-electron chi connectivity index (χ2n) is 3.84. The summed E-state index contributed by atoms with van der Waals surface area (Å²) in [6, 6.07) is 1.45. The van der Waals surface area contributed by atoms with Crippen LogP contribution in [0.1, 0.15) is 23.7 Å². The minimum absolute atomic E-state index is 0.0267. The first-order chi connectivity index (χ1) is 9.38. The Labute approximate surface area is 126 Å². The van der Waals surface area contributed by atoms with Gasteiger partial charge in [-0.2, -0.15) is 0 Å². The van der Waals surface area contributed by atoms with E-state index in [1.54, 1.807) is 0 Å². The molecule has 0 spiro atoms. The third-order valence-corrected chi connectivity index (χ3v) is 2.96. The van der Waals surface area contributed by atoms with Crippen LogP contribution in [-0.4, -0.2) is 23.1 Å². The number of hydrogen-bond donors (Lipinski definition) is 3. The topological polar surface area (TPSA) is 78.4 Å². The minimum Gasteiger partial charge on any atom is -0.478 e. The zero-order chi connectivity index (χ0) is 15.3. The van der Waals surface area contributed by atoms with Crippen LogP contribution >= 0.6 is 23.2 Å². The number of carboxylic acid groups (broad SMARTS) is 1. The molecule has 0 aliphatic carbocycles. The normalized spacial score (nSPS) is 11.3. The zero-order valence-corrected chi connectivity index (χ0v) is 12.0. The first-order valence-corrected chi connectivity index (χ1v) is 6.40. The molecule has 1 aromatic carbocycles. The van der Waals surface area contributed by atoms with Crippen molar-refractivity contribution in [1.82, 2.24) is 5.32 Å². The third kappa shape index (κ3) is 4.05. The lowest BCUT2D eigenvalue weighted by Gasteiger charge is -2.14. The van der Waals surface area contributed by atoms with Gasteiger partial charge in [0.2, 0.25) is 0 Å². The van der Waals surface area contributed by atoms with Crippen LogP contribution in [0.4, 0.5) is 10.5 Å². The number of hydrogen-bond acceptors (Lipinski definition) is 2. The smallest absolute Gasteiger partial charge is 0.337 e. The maximum atomic E-state index is 11.8.